The van der Waals surface area contributed by atoms with E-state index < -0.39 is 0 Å². The first-order chi connectivity index (χ1) is 6.77. The molecular formula is C15H19. The zero-order valence-corrected chi connectivity index (χ0v) is 10.3. The Morgan fingerprint density at radius 3 is 1.60 bits per heavy atom. The van der Waals surface area contributed by atoms with Crippen molar-refractivity contribution < 1.29 is 0 Å². The highest BCUT2D eigenvalue weighted by Gasteiger charge is 2.19. The van der Waals surface area contributed by atoms with E-state index in [1.807, 2.05) is 13.8 Å². The maximum atomic E-state index is 7.27. The second-order valence-corrected chi connectivity index (χ2v) is 5.58. The molecule has 0 aliphatic carbocycles. The second kappa shape index (κ2) is 3.74. The Hall–Kier alpha value is -1.22. The third kappa shape index (κ3) is 2.63. The topological polar surface area (TPSA) is 0 Å². The van der Waals surface area contributed by atoms with E-state index in [4.69, 9.17) is 6.42 Å². The third-order valence-corrected chi connectivity index (χ3v) is 2.79. The Bertz CT molecular complexity index is 366. The van der Waals surface area contributed by atoms with Crippen LogP contribution in [-0.2, 0) is 10.8 Å². The average Bonchev–Trinajstić information content (AvgIpc) is 2.17. The predicted molar refractivity (Wildman–Crippen MR) is 65.3 cm³/mol. The molecule has 0 heteroatoms. The number of benzene rings is 1. The van der Waals surface area contributed by atoms with E-state index in [1.54, 1.807) is 0 Å². The lowest BCUT2D eigenvalue weighted by molar-refractivity contribution is 0.588. The van der Waals surface area contributed by atoms with Crippen molar-refractivity contribution in [3.63, 3.8) is 0 Å². The van der Waals surface area contributed by atoms with Crippen LogP contribution in [0, 0.1) is 12.3 Å². The molecule has 0 unspecified atom stereocenters. The Balaban J connectivity index is 3.08. The van der Waals surface area contributed by atoms with Gasteiger partial charge in [-0.05, 0) is 36.8 Å². The Labute approximate surface area is 93.7 Å². The van der Waals surface area contributed by atoms with E-state index in [0.717, 1.165) is 5.56 Å². The lowest BCUT2D eigenvalue weighted by Crippen LogP contribution is -2.15. The summed E-state index contributed by atoms with van der Waals surface area (Å²) in [6.45, 7) is 10.6. The van der Waals surface area contributed by atoms with Crippen molar-refractivity contribution in [2.45, 2.75) is 45.4 Å². The van der Waals surface area contributed by atoms with E-state index >= 15 is 0 Å². The van der Waals surface area contributed by atoms with Gasteiger partial charge in [-0.3, -0.25) is 0 Å². The molecule has 0 N–H and O–H groups in total. The zero-order chi connectivity index (χ0) is 11.7. The average molecular weight is 199 g/mol. The molecular weight excluding hydrogens is 180 g/mol. The maximum absolute atomic E-state index is 7.27. The van der Waals surface area contributed by atoms with E-state index in [0.29, 0.717) is 0 Å². The minimum atomic E-state index is -0.281. The molecule has 0 saturated heterocycles. The molecule has 0 heterocycles. The molecule has 0 bridgehead atoms. The quantitative estimate of drug-likeness (QED) is 0.603. The molecule has 0 fully saturated rings. The summed E-state index contributed by atoms with van der Waals surface area (Å²) in [5.41, 5.74) is 2.38. The largest absolute Gasteiger partial charge is 0.0781 e. The van der Waals surface area contributed by atoms with Gasteiger partial charge < -0.3 is 0 Å². The van der Waals surface area contributed by atoms with Crippen LogP contribution in [0.5, 0.6) is 0 Å². The van der Waals surface area contributed by atoms with E-state index in [1.165, 1.54) is 5.56 Å². The summed E-state index contributed by atoms with van der Waals surface area (Å²) in [6, 6.07) is 8.49. The molecule has 0 nitrogen and oxygen atoms in total. The van der Waals surface area contributed by atoms with Gasteiger partial charge in [0.05, 0.1) is 5.41 Å². The highest BCUT2D eigenvalue weighted by Crippen LogP contribution is 2.26. The van der Waals surface area contributed by atoms with Crippen LogP contribution in [0.1, 0.15) is 45.7 Å². The van der Waals surface area contributed by atoms with Crippen molar-refractivity contribution in [1.29, 1.82) is 0 Å². The Morgan fingerprint density at radius 1 is 0.867 bits per heavy atom. The summed E-state index contributed by atoms with van der Waals surface area (Å²) >= 11 is 0. The molecule has 1 aromatic rings. The minimum absolute atomic E-state index is 0.192. The van der Waals surface area contributed by atoms with Crippen LogP contribution in [0.3, 0.4) is 0 Å². The smallest absolute Gasteiger partial charge is 0.0516 e. The van der Waals surface area contributed by atoms with Gasteiger partial charge in [0, 0.05) is 0 Å². The molecule has 1 aromatic carbocycles. The van der Waals surface area contributed by atoms with Gasteiger partial charge in [0.2, 0.25) is 0 Å². The van der Waals surface area contributed by atoms with Crippen molar-refractivity contribution in [2.75, 3.05) is 0 Å². The van der Waals surface area contributed by atoms with Crippen LogP contribution < -0.4 is 0 Å². The lowest BCUT2D eigenvalue weighted by Gasteiger charge is -2.22. The van der Waals surface area contributed by atoms with Crippen LogP contribution in [0.25, 0.3) is 0 Å². The predicted octanol–water partition coefficient (Wildman–Crippen LogP) is 3.85. The Morgan fingerprint density at radius 2 is 1.27 bits per heavy atom. The van der Waals surface area contributed by atoms with Crippen LogP contribution in [0.15, 0.2) is 24.3 Å². The highest BCUT2D eigenvalue weighted by atomic mass is 14.2. The molecule has 0 saturated carbocycles. The molecule has 0 aliphatic heterocycles. The fourth-order valence-electron chi connectivity index (χ4n) is 1.46. The standard InChI is InChI=1S/C15H19/c1-7-15(5,6)13-10-8-12(9-11-13)14(2,3)4/h8-11H,2-6H3. The normalized spacial score (nSPS) is 12.3. The van der Waals surface area contributed by atoms with Crippen molar-refractivity contribution in [3.05, 3.63) is 41.8 Å². The van der Waals surface area contributed by atoms with Gasteiger partial charge in [-0.25, -0.2) is 0 Å². The molecule has 0 spiro atoms. The minimum Gasteiger partial charge on any atom is -0.0781 e. The van der Waals surface area contributed by atoms with Crippen molar-refractivity contribution in [2.24, 2.45) is 0 Å². The molecule has 0 aromatic heterocycles. The first-order valence-corrected chi connectivity index (χ1v) is 5.32. The molecule has 15 heavy (non-hydrogen) atoms. The van der Waals surface area contributed by atoms with Crippen LogP contribution in [0.4, 0.5) is 0 Å². The molecule has 0 aliphatic rings. The third-order valence-electron chi connectivity index (χ3n) is 2.79. The molecule has 1 rings (SSSR count). The summed E-state index contributed by atoms with van der Waals surface area (Å²) in [4.78, 5) is 0. The van der Waals surface area contributed by atoms with Crippen molar-refractivity contribution in [3.8, 4) is 5.92 Å². The van der Waals surface area contributed by atoms with Gasteiger partial charge in [0.15, 0.2) is 0 Å². The van der Waals surface area contributed by atoms with Crippen LogP contribution in [0.2, 0.25) is 0 Å². The van der Waals surface area contributed by atoms with Gasteiger partial charge in [-0.1, -0.05) is 51.0 Å². The van der Waals surface area contributed by atoms with E-state index in [2.05, 4.69) is 51.0 Å². The fraction of sp³-hybridized carbons (Fsp3) is 0.467. The molecule has 0 atom stereocenters. The summed E-state index contributed by atoms with van der Waals surface area (Å²) in [7, 11) is 0. The van der Waals surface area contributed by atoms with E-state index in [9.17, 15) is 0 Å². The zero-order valence-electron chi connectivity index (χ0n) is 10.3. The first kappa shape index (κ1) is 11.9. The number of rotatable bonds is 1. The first-order valence-electron chi connectivity index (χ1n) is 5.32. The molecule has 1 radical (unpaired) electrons. The SMILES string of the molecule is [C]#CC(C)(C)c1ccc(C(C)(C)C)cc1. The van der Waals surface area contributed by atoms with Gasteiger partial charge in [0.1, 0.15) is 0 Å². The van der Waals surface area contributed by atoms with Gasteiger partial charge >= 0.3 is 0 Å². The van der Waals surface area contributed by atoms with Crippen LogP contribution >= 0.6 is 0 Å². The summed E-state index contributed by atoms with van der Waals surface area (Å²) < 4.78 is 0. The van der Waals surface area contributed by atoms with E-state index in [-0.39, 0.29) is 10.8 Å². The van der Waals surface area contributed by atoms with Gasteiger partial charge in [-0.2, -0.15) is 0 Å². The maximum Gasteiger partial charge on any atom is 0.0516 e. The van der Waals surface area contributed by atoms with Crippen LogP contribution in [-0.4, -0.2) is 0 Å². The van der Waals surface area contributed by atoms with Gasteiger partial charge in [0.25, 0.3) is 0 Å². The number of hydrogen-bond donors (Lipinski definition) is 0. The summed E-state index contributed by atoms with van der Waals surface area (Å²) in [5, 5.41) is 0. The summed E-state index contributed by atoms with van der Waals surface area (Å²) in [5.74, 6) is 2.57. The molecule has 0 amide bonds. The second-order valence-electron chi connectivity index (χ2n) is 5.58. The molecule has 79 valence electrons. The van der Waals surface area contributed by atoms with Gasteiger partial charge in [-0.15, -0.1) is 0 Å². The summed E-state index contributed by atoms with van der Waals surface area (Å²) in [6.07, 6.45) is 7.27. The van der Waals surface area contributed by atoms with Crippen molar-refractivity contribution in [1.82, 2.24) is 0 Å². The Kier molecular flexibility index (Phi) is 2.95. The number of hydrogen-bond acceptors (Lipinski definition) is 0. The highest BCUT2D eigenvalue weighted by molar-refractivity contribution is 5.35. The van der Waals surface area contributed by atoms with Crippen molar-refractivity contribution >= 4 is 0 Å². The lowest BCUT2D eigenvalue weighted by atomic mass is 9.82. The fourth-order valence-corrected chi connectivity index (χ4v) is 1.46. The monoisotopic (exact) mass is 199 g/mol.